The van der Waals surface area contributed by atoms with Crippen LogP contribution in [0.1, 0.15) is 5.56 Å². The molecule has 0 aliphatic carbocycles. The van der Waals surface area contributed by atoms with Gasteiger partial charge in [0.25, 0.3) is 5.91 Å². The maximum atomic E-state index is 11.2. The molecule has 0 atom stereocenters. The number of nitrogens with two attached hydrogens (primary N) is 1. The van der Waals surface area contributed by atoms with Crippen LogP contribution in [0.25, 0.3) is 0 Å². The van der Waals surface area contributed by atoms with Crippen LogP contribution in [0, 0.1) is 6.92 Å². The van der Waals surface area contributed by atoms with Gasteiger partial charge in [0.15, 0.2) is 6.61 Å². The third kappa shape index (κ3) is 3.90. The average Bonchev–Trinajstić information content (AvgIpc) is 2.25. The molecule has 1 aromatic heterocycles. The number of aryl methyl sites for hydroxylation is 1. The van der Waals surface area contributed by atoms with Crippen LogP contribution >= 0.6 is 0 Å². The first-order valence-corrected chi connectivity index (χ1v) is 4.60. The van der Waals surface area contributed by atoms with Gasteiger partial charge >= 0.3 is 0 Å². The Kier molecular flexibility index (Phi) is 4.49. The summed E-state index contributed by atoms with van der Waals surface area (Å²) in [6.07, 6.45) is 3.00. The molecule has 6 nitrogen and oxygen atoms in total. The minimum atomic E-state index is -0.210. The molecule has 0 saturated heterocycles. The predicted molar refractivity (Wildman–Crippen MR) is 54.3 cm³/mol. The molecule has 0 aliphatic rings. The molecular weight excluding hydrogens is 196 g/mol. The molecule has 0 radical (unpaired) electrons. The standard InChI is InChI=1S/C9H14N4O2/c1-7-4-11-6-13-9(7)15-5-8(14)12-3-2-10/h4,6H,2-3,5,10H2,1H3,(H,12,14). The molecule has 6 heteroatoms. The van der Waals surface area contributed by atoms with E-state index in [0.29, 0.717) is 19.0 Å². The first-order chi connectivity index (χ1) is 7.24. The second kappa shape index (κ2) is 5.92. The Morgan fingerprint density at radius 2 is 2.47 bits per heavy atom. The van der Waals surface area contributed by atoms with E-state index in [1.807, 2.05) is 6.92 Å². The Bertz CT molecular complexity index is 330. The lowest BCUT2D eigenvalue weighted by Gasteiger charge is -2.06. The predicted octanol–water partition coefficient (Wildman–Crippen LogP) is -0.761. The Morgan fingerprint density at radius 1 is 1.67 bits per heavy atom. The van der Waals surface area contributed by atoms with Crippen LogP contribution in [0.5, 0.6) is 5.88 Å². The number of carbonyl (C=O) groups excluding carboxylic acids is 1. The van der Waals surface area contributed by atoms with Crippen LogP contribution in [0.3, 0.4) is 0 Å². The molecule has 1 aromatic rings. The van der Waals surface area contributed by atoms with Crippen LogP contribution in [0.4, 0.5) is 0 Å². The van der Waals surface area contributed by atoms with E-state index in [4.69, 9.17) is 10.5 Å². The van der Waals surface area contributed by atoms with E-state index < -0.39 is 0 Å². The van der Waals surface area contributed by atoms with Gasteiger partial charge in [-0.25, -0.2) is 9.97 Å². The maximum absolute atomic E-state index is 11.2. The first-order valence-electron chi connectivity index (χ1n) is 4.60. The van der Waals surface area contributed by atoms with Gasteiger partial charge < -0.3 is 15.8 Å². The molecule has 0 saturated carbocycles. The highest BCUT2D eigenvalue weighted by Crippen LogP contribution is 2.09. The maximum Gasteiger partial charge on any atom is 0.258 e. The Labute approximate surface area is 87.9 Å². The Hall–Kier alpha value is -1.69. The van der Waals surface area contributed by atoms with Gasteiger partial charge in [-0.15, -0.1) is 0 Å². The second-order valence-corrected chi connectivity index (χ2v) is 2.94. The molecule has 3 N–H and O–H groups in total. The molecule has 82 valence electrons. The lowest BCUT2D eigenvalue weighted by molar-refractivity contribution is -0.123. The quantitative estimate of drug-likeness (QED) is 0.666. The highest BCUT2D eigenvalue weighted by Gasteiger charge is 2.04. The van der Waals surface area contributed by atoms with E-state index in [-0.39, 0.29) is 12.5 Å². The molecule has 1 amide bonds. The van der Waals surface area contributed by atoms with Crippen LogP contribution in [-0.4, -0.2) is 35.6 Å². The lowest BCUT2D eigenvalue weighted by atomic mass is 10.4. The topological polar surface area (TPSA) is 90.1 Å². The highest BCUT2D eigenvalue weighted by molar-refractivity contribution is 5.77. The van der Waals surface area contributed by atoms with Crippen molar-refractivity contribution in [2.24, 2.45) is 5.73 Å². The number of ether oxygens (including phenoxy) is 1. The molecule has 0 aromatic carbocycles. The summed E-state index contributed by atoms with van der Waals surface area (Å²) in [5.74, 6) is 0.214. The number of aromatic nitrogens is 2. The fourth-order valence-corrected chi connectivity index (χ4v) is 0.936. The molecule has 0 unspecified atom stereocenters. The molecular formula is C9H14N4O2. The number of nitrogens with one attached hydrogen (secondary N) is 1. The van der Waals surface area contributed by atoms with Gasteiger partial charge in [0.1, 0.15) is 6.33 Å². The van der Waals surface area contributed by atoms with Gasteiger partial charge in [-0.2, -0.15) is 0 Å². The van der Waals surface area contributed by atoms with Crippen LogP contribution < -0.4 is 15.8 Å². The third-order valence-electron chi connectivity index (χ3n) is 1.65. The summed E-state index contributed by atoms with van der Waals surface area (Å²) in [6.45, 7) is 2.62. The molecule has 15 heavy (non-hydrogen) atoms. The van der Waals surface area contributed by atoms with Gasteiger partial charge in [-0.1, -0.05) is 0 Å². The molecule has 1 heterocycles. The van der Waals surface area contributed by atoms with Crippen molar-refractivity contribution in [3.63, 3.8) is 0 Å². The van der Waals surface area contributed by atoms with Crippen LogP contribution in [0.15, 0.2) is 12.5 Å². The highest BCUT2D eigenvalue weighted by atomic mass is 16.5. The summed E-state index contributed by atoms with van der Waals surface area (Å²) in [7, 11) is 0. The minimum Gasteiger partial charge on any atom is -0.467 e. The van der Waals surface area contributed by atoms with Gasteiger partial charge in [0.05, 0.1) is 0 Å². The molecule has 0 bridgehead atoms. The van der Waals surface area contributed by atoms with Gasteiger partial charge in [-0.3, -0.25) is 4.79 Å². The van der Waals surface area contributed by atoms with Crippen molar-refractivity contribution in [1.82, 2.24) is 15.3 Å². The van der Waals surface area contributed by atoms with Crippen molar-refractivity contribution in [1.29, 1.82) is 0 Å². The largest absolute Gasteiger partial charge is 0.467 e. The summed E-state index contributed by atoms with van der Waals surface area (Å²) in [5.41, 5.74) is 6.03. The monoisotopic (exact) mass is 210 g/mol. The van der Waals surface area contributed by atoms with Crippen LogP contribution in [-0.2, 0) is 4.79 Å². The molecule has 0 spiro atoms. The number of nitrogens with zero attached hydrogens (tertiary/aromatic N) is 2. The van der Waals surface area contributed by atoms with E-state index in [1.54, 1.807) is 6.20 Å². The Balaban J connectivity index is 2.37. The van der Waals surface area contributed by atoms with Crippen molar-refractivity contribution >= 4 is 5.91 Å². The van der Waals surface area contributed by atoms with E-state index in [0.717, 1.165) is 5.56 Å². The summed E-state index contributed by atoms with van der Waals surface area (Å²) < 4.78 is 5.19. The fraction of sp³-hybridized carbons (Fsp3) is 0.444. The minimum absolute atomic E-state index is 0.0577. The summed E-state index contributed by atoms with van der Waals surface area (Å²) in [5, 5.41) is 2.59. The van der Waals surface area contributed by atoms with Crippen molar-refractivity contribution in [2.45, 2.75) is 6.92 Å². The van der Waals surface area contributed by atoms with Gasteiger partial charge in [0.2, 0.25) is 5.88 Å². The van der Waals surface area contributed by atoms with E-state index in [2.05, 4.69) is 15.3 Å². The molecule has 0 aliphatic heterocycles. The van der Waals surface area contributed by atoms with Crippen LogP contribution in [0.2, 0.25) is 0 Å². The van der Waals surface area contributed by atoms with Crippen molar-refractivity contribution < 1.29 is 9.53 Å². The van der Waals surface area contributed by atoms with E-state index in [9.17, 15) is 4.79 Å². The average molecular weight is 210 g/mol. The SMILES string of the molecule is Cc1cncnc1OCC(=O)NCCN. The number of hydrogen-bond donors (Lipinski definition) is 2. The number of carbonyl (C=O) groups is 1. The number of hydrogen-bond acceptors (Lipinski definition) is 5. The second-order valence-electron chi connectivity index (χ2n) is 2.94. The zero-order chi connectivity index (χ0) is 11.1. The first kappa shape index (κ1) is 11.4. The lowest BCUT2D eigenvalue weighted by Crippen LogP contribution is -2.33. The van der Waals surface area contributed by atoms with Crippen molar-refractivity contribution in [2.75, 3.05) is 19.7 Å². The summed E-state index contributed by atoms with van der Waals surface area (Å²) in [4.78, 5) is 18.9. The van der Waals surface area contributed by atoms with Crippen molar-refractivity contribution in [3.05, 3.63) is 18.1 Å². The van der Waals surface area contributed by atoms with Crippen molar-refractivity contribution in [3.8, 4) is 5.88 Å². The summed E-state index contributed by atoms with van der Waals surface area (Å²) in [6, 6.07) is 0. The zero-order valence-electron chi connectivity index (χ0n) is 8.56. The molecule has 1 rings (SSSR count). The Morgan fingerprint density at radius 3 is 3.13 bits per heavy atom. The third-order valence-corrected chi connectivity index (χ3v) is 1.65. The number of amides is 1. The normalized spacial score (nSPS) is 9.73. The molecule has 0 fully saturated rings. The smallest absolute Gasteiger partial charge is 0.258 e. The fourth-order valence-electron chi connectivity index (χ4n) is 0.936. The van der Waals surface area contributed by atoms with E-state index >= 15 is 0 Å². The number of rotatable bonds is 5. The van der Waals surface area contributed by atoms with Gasteiger partial charge in [-0.05, 0) is 6.92 Å². The van der Waals surface area contributed by atoms with E-state index in [1.165, 1.54) is 6.33 Å². The zero-order valence-corrected chi connectivity index (χ0v) is 8.56. The summed E-state index contributed by atoms with van der Waals surface area (Å²) >= 11 is 0. The van der Waals surface area contributed by atoms with Gasteiger partial charge in [0, 0.05) is 24.8 Å².